The van der Waals surface area contributed by atoms with Gasteiger partial charge in [-0.25, -0.2) is 4.79 Å². The Hall–Kier alpha value is -2.14. The Bertz CT molecular complexity index is 919. The number of benzene rings is 1. The van der Waals surface area contributed by atoms with Crippen molar-refractivity contribution in [1.82, 2.24) is 4.57 Å². The second-order valence-electron chi connectivity index (χ2n) is 9.44. The molecule has 2 fully saturated rings. The molecule has 0 bridgehead atoms. The van der Waals surface area contributed by atoms with E-state index in [0.717, 1.165) is 23.7 Å². The van der Waals surface area contributed by atoms with E-state index in [-0.39, 0.29) is 28.4 Å². The Balaban J connectivity index is 1.80. The first-order chi connectivity index (χ1) is 13.2. The van der Waals surface area contributed by atoms with Crippen LogP contribution >= 0.6 is 0 Å². The maximum absolute atomic E-state index is 13.5. The molecule has 2 heterocycles. The molecule has 4 rings (SSSR count). The molecule has 0 amide bonds. The van der Waals surface area contributed by atoms with Crippen molar-refractivity contribution in [3.63, 3.8) is 0 Å². The van der Waals surface area contributed by atoms with Crippen LogP contribution in [0.25, 0.3) is 10.9 Å². The molecule has 1 atom stereocenters. The fourth-order valence-electron chi connectivity index (χ4n) is 5.22. The Morgan fingerprint density at radius 3 is 2.29 bits per heavy atom. The third-order valence-electron chi connectivity index (χ3n) is 7.55. The Morgan fingerprint density at radius 1 is 1.11 bits per heavy atom. The highest BCUT2D eigenvalue weighted by atomic mass is 16.5. The van der Waals surface area contributed by atoms with Gasteiger partial charge in [0.1, 0.15) is 6.04 Å². The van der Waals surface area contributed by atoms with Gasteiger partial charge in [0, 0.05) is 41.8 Å². The first kappa shape index (κ1) is 19.2. The van der Waals surface area contributed by atoms with Crippen LogP contribution in [0.3, 0.4) is 0 Å². The zero-order valence-corrected chi connectivity index (χ0v) is 17.1. The quantitative estimate of drug-likeness (QED) is 0.769. The lowest BCUT2D eigenvalue weighted by Gasteiger charge is -2.29. The zero-order chi connectivity index (χ0) is 20.3. The number of rotatable bonds is 5. The summed E-state index contributed by atoms with van der Waals surface area (Å²) in [7, 11) is 0. The van der Waals surface area contributed by atoms with Crippen molar-refractivity contribution in [3.8, 4) is 0 Å². The number of aliphatic carboxylic acids is 1. The number of aromatic nitrogens is 1. The summed E-state index contributed by atoms with van der Waals surface area (Å²) >= 11 is 0. The molecule has 1 N–H and O–H groups in total. The maximum atomic E-state index is 13.5. The summed E-state index contributed by atoms with van der Waals surface area (Å²) in [4.78, 5) is 25.7. The van der Waals surface area contributed by atoms with Crippen molar-refractivity contribution >= 4 is 22.7 Å². The van der Waals surface area contributed by atoms with E-state index in [1.54, 1.807) is 6.20 Å². The molecular formula is C23H29NO4. The average Bonchev–Trinajstić information content (AvgIpc) is 2.92. The fraction of sp³-hybridized carbons (Fsp3) is 0.565. The molecule has 1 aromatic carbocycles. The van der Waals surface area contributed by atoms with Crippen LogP contribution in [-0.2, 0) is 9.53 Å². The molecule has 0 radical (unpaired) electrons. The molecule has 5 heteroatoms. The number of carboxylic acid groups (broad SMARTS) is 1. The normalized spacial score (nSPS) is 22.9. The summed E-state index contributed by atoms with van der Waals surface area (Å²) in [5, 5.41) is 10.9. The average molecular weight is 383 g/mol. The third kappa shape index (κ3) is 2.71. The lowest BCUT2D eigenvalue weighted by atomic mass is 9.91. The molecule has 28 heavy (non-hydrogen) atoms. The van der Waals surface area contributed by atoms with Crippen molar-refractivity contribution in [3.05, 3.63) is 36.0 Å². The molecule has 1 saturated heterocycles. The Labute approximate surface area is 165 Å². The second-order valence-corrected chi connectivity index (χ2v) is 9.44. The summed E-state index contributed by atoms with van der Waals surface area (Å²) in [5.41, 5.74) is 1.36. The van der Waals surface area contributed by atoms with Crippen molar-refractivity contribution < 1.29 is 19.4 Å². The number of ether oxygens (including phenoxy) is 1. The van der Waals surface area contributed by atoms with E-state index < -0.39 is 12.0 Å². The first-order valence-electron chi connectivity index (χ1n) is 10.1. The van der Waals surface area contributed by atoms with Crippen molar-refractivity contribution in [2.45, 2.75) is 46.6 Å². The van der Waals surface area contributed by atoms with Crippen LogP contribution in [0.15, 0.2) is 30.5 Å². The number of ketones is 1. The Kier molecular flexibility index (Phi) is 4.42. The van der Waals surface area contributed by atoms with E-state index in [1.165, 1.54) is 0 Å². The van der Waals surface area contributed by atoms with Crippen LogP contribution in [-0.4, -0.2) is 34.6 Å². The van der Waals surface area contributed by atoms with E-state index in [1.807, 2.05) is 28.8 Å². The number of para-hydroxylation sites is 1. The molecule has 0 spiro atoms. The van der Waals surface area contributed by atoms with Gasteiger partial charge >= 0.3 is 5.97 Å². The number of carboxylic acids is 1. The highest BCUT2D eigenvalue weighted by Crippen LogP contribution is 2.69. The van der Waals surface area contributed by atoms with E-state index >= 15 is 0 Å². The molecule has 1 saturated carbocycles. The summed E-state index contributed by atoms with van der Waals surface area (Å²) in [5.74, 6) is -0.774. The number of Topliss-reactive ketones (excluding diaryl/α,β-unsaturated/α-hetero) is 1. The van der Waals surface area contributed by atoms with Gasteiger partial charge in [-0.1, -0.05) is 45.9 Å². The number of hydrogen-bond donors (Lipinski definition) is 1. The second kappa shape index (κ2) is 6.45. The first-order valence-corrected chi connectivity index (χ1v) is 10.1. The molecule has 1 unspecified atom stereocenters. The number of nitrogens with zero attached hydrogens (tertiary/aromatic N) is 1. The summed E-state index contributed by atoms with van der Waals surface area (Å²) in [6, 6.07) is 6.99. The molecule has 1 aliphatic heterocycles. The highest BCUT2D eigenvalue weighted by molar-refractivity contribution is 6.11. The molecule has 2 aliphatic rings. The SMILES string of the molecule is CC1(C)C(C(=O)c2cn(C(C(=O)O)C3CCOCC3)c3ccccc23)C1(C)C. The van der Waals surface area contributed by atoms with E-state index in [4.69, 9.17) is 4.74 Å². The summed E-state index contributed by atoms with van der Waals surface area (Å²) in [6.45, 7) is 9.72. The monoisotopic (exact) mass is 383 g/mol. The van der Waals surface area contributed by atoms with Gasteiger partial charge in [0.25, 0.3) is 0 Å². The standard InChI is InChI=1S/C23H29NO4/c1-22(2)20(23(22,3)4)19(25)16-13-24(17-8-6-5-7-15(16)17)18(21(26)27)14-9-11-28-12-10-14/h5-8,13-14,18,20H,9-12H2,1-4H3,(H,26,27). The largest absolute Gasteiger partial charge is 0.480 e. The number of carbonyl (C=O) groups is 2. The topological polar surface area (TPSA) is 68.5 Å². The van der Waals surface area contributed by atoms with Gasteiger partial charge in [-0.3, -0.25) is 4.79 Å². The summed E-state index contributed by atoms with van der Waals surface area (Å²) in [6.07, 6.45) is 3.23. The van der Waals surface area contributed by atoms with Crippen LogP contribution in [0.4, 0.5) is 0 Å². The van der Waals surface area contributed by atoms with Gasteiger partial charge < -0.3 is 14.4 Å². The van der Waals surface area contributed by atoms with Gasteiger partial charge in [-0.05, 0) is 35.7 Å². The molecule has 150 valence electrons. The van der Waals surface area contributed by atoms with Crippen molar-refractivity contribution in [2.75, 3.05) is 13.2 Å². The van der Waals surface area contributed by atoms with Crippen LogP contribution in [0.2, 0.25) is 0 Å². The number of carbonyl (C=O) groups excluding carboxylic acids is 1. The van der Waals surface area contributed by atoms with Crippen LogP contribution in [0, 0.1) is 22.7 Å². The third-order valence-corrected chi connectivity index (χ3v) is 7.55. The smallest absolute Gasteiger partial charge is 0.326 e. The zero-order valence-electron chi connectivity index (χ0n) is 17.1. The van der Waals surface area contributed by atoms with Gasteiger partial charge in [0.2, 0.25) is 0 Å². The predicted molar refractivity (Wildman–Crippen MR) is 108 cm³/mol. The molecular weight excluding hydrogens is 354 g/mol. The molecule has 1 aliphatic carbocycles. The maximum Gasteiger partial charge on any atom is 0.326 e. The van der Waals surface area contributed by atoms with E-state index in [0.29, 0.717) is 18.8 Å². The van der Waals surface area contributed by atoms with Crippen molar-refractivity contribution in [2.24, 2.45) is 22.7 Å². The number of fused-ring (bicyclic) bond motifs is 1. The van der Waals surface area contributed by atoms with Crippen LogP contribution in [0.1, 0.15) is 56.9 Å². The van der Waals surface area contributed by atoms with Gasteiger partial charge in [-0.15, -0.1) is 0 Å². The van der Waals surface area contributed by atoms with Gasteiger partial charge in [0.15, 0.2) is 5.78 Å². The lowest BCUT2D eigenvalue weighted by Crippen LogP contribution is -2.31. The van der Waals surface area contributed by atoms with E-state index in [2.05, 4.69) is 27.7 Å². The van der Waals surface area contributed by atoms with Crippen molar-refractivity contribution in [1.29, 1.82) is 0 Å². The minimum Gasteiger partial charge on any atom is -0.480 e. The fourth-order valence-corrected chi connectivity index (χ4v) is 5.22. The number of hydrogen-bond acceptors (Lipinski definition) is 3. The van der Waals surface area contributed by atoms with Crippen LogP contribution in [0.5, 0.6) is 0 Å². The summed E-state index contributed by atoms with van der Waals surface area (Å²) < 4.78 is 7.25. The minimum absolute atomic E-state index is 0.00110. The molecule has 2 aromatic rings. The highest BCUT2D eigenvalue weighted by Gasteiger charge is 2.68. The van der Waals surface area contributed by atoms with Crippen LogP contribution < -0.4 is 0 Å². The minimum atomic E-state index is -0.848. The van der Waals surface area contributed by atoms with E-state index in [9.17, 15) is 14.7 Å². The predicted octanol–water partition coefficient (Wildman–Crippen LogP) is 4.56. The molecule has 5 nitrogen and oxygen atoms in total. The Morgan fingerprint density at radius 2 is 1.71 bits per heavy atom. The van der Waals surface area contributed by atoms with Gasteiger partial charge in [0.05, 0.1) is 0 Å². The molecule has 1 aromatic heterocycles. The lowest BCUT2D eigenvalue weighted by molar-refractivity contribution is -0.143. The van der Waals surface area contributed by atoms with Gasteiger partial charge in [-0.2, -0.15) is 0 Å².